The SMILES string of the molecule is O=C1S/C(=C/c2cc(Cl)c(OCc3cccc(F)c3)c(Cl)c2)C(=O)N1c1ccc(Cl)cc1. The number of anilines is 1. The average molecular weight is 509 g/mol. The Morgan fingerprint density at radius 3 is 2.31 bits per heavy atom. The van der Waals surface area contributed by atoms with Gasteiger partial charge in [-0.25, -0.2) is 9.29 Å². The third-order valence-electron chi connectivity index (χ3n) is 4.47. The standard InChI is InChI=1S/C23H13Cl3FNO3S/c24-15-4-6-17(7-5-15)28-22(29)20(32-23(28)30)11-14-9-18(25)21(19(26)10-14)31-12-13-2-1-3-16(27)8-13/h1-11H,12H2/b20-11+. The number of imide groups is 1. The Morgan fingerprint density at radius 1 is 0.969 bits per heavy atom. The fourth-order valence-electron chi connectivity index (χ4n) is 3.01. The first kappa shape index (κ1) is 22.7. The van der Waals surface area contributed by atoms with Crippen LogP contribution in [0.5, 0.6) is 5.75 Å². The molecule has 0 bridgehead atoms. The number of rotatable bonds is 5. The van der Waals surface area contributed by atoms with Crippen LogP contribution in [-0.4, -0.2) is 11.1 Å². The maximum absolute atomic E-state index is 13.3. The first-order chi connectivity index (χ1) is 15.3. The number of amides is 2. The number of nitrogens with zero attached hydrogens (tertiary/aromatic N) is 1. The van der Waals surface area contributed by atoms with Crippen molar-refractivity contribution in [2.75, 3.05) is 4.90 Å². The molecule has 1 aliphatic rings. The second kappa shape index (κ2) is 9.55. The van der Waals surface area contributed by atoms with Crippen LogP contribution in [0.3, 0.4) is 0 Å². The fourth-order valence-corrected chi connectivity index (χ4v) is 4.60. The summed E-state index contributed by atoms with van der Waals surface area (Å²) in [5, 5.41) is 0.519. The van der Waals surface area contributed by atoms with Crippen LogP contribution in [0.15, 0.2) is 65.6 Å². The predicted octanol–water partition coefficient (Wildman–Crippen LogP) is 7.61. The van der Waals surface area contributed by atoms with E-state index in [9.17, 15) is 14.0 Å². The number of ether oxygens (including phenoxy) is 1. The number of halogens is 4. The molecule has 4 rings (SSSR count). The van der Waals surface area contributed by atoms with Gasteiger partial charge >= 0.3 is 0 Å². The number of hydrogen-bond acceptors (Lipinski definition) is 4. The first-order valence-electron chi connectivity index (χ1n) is 9.21. The molecular weight excluding hydrogens is 496 g/mol. The van der Waals surface area contributed by atoms with Crippen molar-refractivity contribution in [2.45, 2.75) is 6.61 Å². The lowest BCUT2D eigenvalue weighted by Crippen LogP contribution is -2.27. The molecule has 0 N–H and O–H groups in total. The molecule has 1 fully saturated rings. The highest BCUT2D eigenvalue weighted by Gasteiger charge is 2.36. The van der Waals surface area contributed by atoms with Crippen molar-refractivity contribution < 1.29 is 18.7 Å². The van der Waals surface area contributed by atoms with Gasteiger partial charge in [0.05, 0.1) is 20.6 Å². The molecule has 162 valence electrons. The monoisotopic (exact) mass is 507 g/mol. The van der Waals surface area contributed by atoms with Gasteiger partial charge in [-0.2, -0.15) is 0 Å². The topological polar surface area (TPSA) is 46.6 Å². The van der Waals surface area contributed by atoms with Gasteiger partial charge in [0.1, 0.15) is 12.4 Å². The van der Waals surface area contributed by atoms with Crippen molar-refractivity contribution in [3.63, 3.8) is 0 Å². The predicted molar refractivity (Wildman–Crippen MR) is 127 cm³/mol. The summed E-state index contributed by atoms with van der Waals surface area (Å²) < 4.78 is 19.0. The average Bonchev–Trinajstić information content (AvgIpc) is 3.01. The molecule has 9 heteroatoms. The Balaban J connectivity index is 1.54. The molecule has 0 aromatic heterocycles. The van der Waals surface area contributed by atoms with Gasteiger partial charge in [-0.05, 0) is 77.5 Å². The summed E-state index contributed by atoms with van der Waals surface area (Å²) in [6.45, 7) is 0.0799. The Hall–Kier alpha value is -2.51. The van der Waals surface area contributed by atoms with Crippen molar-refractivity contribution in [2.24, 2.45) is 0 Å². The minimum absolute atomic E-state index is 0.0799. The number of carbonyl (C=O) groups excluding carboxylic acids is 2. The molecular formula is C23H13Cl3FNO3S. The quantitative estimate of drug-likeness (QED) is 0.333. The van der Waals surface area contributed by atoms with Gasteiger partial charge in [0, 0.05) is 5.02 Å². The Bertz CT molecular complexity index is 1220. The van der Waals surface area contributed by atoms with Gasteiger partial charge in [-0.15, -0.1) is 0 Å². The lowest BCUT2D eigenvalue weighted by atomic mass is 10.2. The maximum Gasteiger partial charge on any atom is 0.298 e. The number of benzene rings is 3. The molecule has 2 amide bonds. The zero-order valence-electron chi connectivity index (χ0n) is 16.2. The van der Waals surface area contributed by atoms with Gasteiger partial charge < -0.3 is 4.74 Å². The summed E-state index contributed by atoms with van der Waals surface area (Å²) in [6.07, 6.45) is 1.54. The van der Waals surface area contributed by atoms with Crippen molar-refractivity contribution in [1.82, 2.24) is 0 Å². The molecule has 0 saturated carbocycles. The third-order valence-corrected chi connectivity index (χ3v) is 6.15. The van der Waals surface area contributed by atoms with E-state index in [4.69, 9.17) is 39.5 Å². The first-order valence-corrected chi connectivity index (χ1v) is 11.2. The summed E-state index contributed by atoms with van der Waals surface area (Å²) in [6, 6.07) is 15.5. The highest BCUT2D eigenvalue weighted by atomic mass is 35.5. The lowest BCUT2D eigenvalue weighted by molar-refractivity contribution is -0.113. The van der Waals surface area contributed by atoms with Gasteiger partial charge in [-0.1, -0.05) is 46.9 Å². The van der Waals surface area contributed by atoms with E-state index in [1.165, 1.54) is 18.2 Å². The molecule has 0 unspecified atom stereocenters. The van der Waals surface area contributed by atoms with Crippen molar-refractivity contribution >= 4 is 69.5 Å². The third kappa shape index (κ3) is 4.94. The number of hydrogen-bond donors (Lipinski definition) is 0. The van der Waals surface area contributed by atoms with Crippen LogP contribution in [-0.2, 0) is 11.4 Å². The number of thioether (sulfide) groups is 1. The molecule has 32 heavy (non-hydrogen) atoms. The van der Waals surface area contributed by atoms with Crippen LogP contribution in [0.4, 0.5) is 14.9 Å². The molecule has 4 nitrogen and oxygen atoms in total. The summed E-state index contributed by atoms with van der Waals surface area (Å²) in [5.74, 6) is -0.587. The number of carbonyl (C=O) groups is 2. The van der Waals surface area contributed by atoms with E-state index in [-0.39, 0.29) is 33.1 Å². The van der Waals surface area contributed by atoms with Gasteiger partial charge in [0.25, 0.3) is 11.1 Å². The second-order valence-corrected chi connectivity index (χ2v) is 8.97. The van der Waals surface area contributed by atoms with Crippen molar-refractivity contribution in [3.8, 4) is 5.75 Å². The Kier molecular flexibility index (Phi) is 6.76. The zero-order chi connectivity index (χ0) is 22.8. The molecule has 1 aliphatic heterocycles. The Morgan fingerprint density at radius 2 is 1.66 bits per heavy atom. The molecule has 0 aliphatic carbocycles. The van der Waals surface area contributed by atoms with E-state index in [2.05, 4.69) is 0 Å². The smallest absolute Gasteiger partial charge is 0.298 e. The largest absolute Gasteiger partial charge is 0.486 e. The minimum atomic E-state index is -0.457. The van der Waals surface area contributed by atoms with E-state index in [1.807, 2.05) is 0 Å². The van der Waals surface area contributed by atoms with E-state index in [0.717, 1.165) is 16.7 Å². The fraction of sp³-hybridized carbons (Fsp3) is 0.0435. The lowest BCUT2D eigenvalue weighted by Gasteiger charge is -2.12. The highest BCUT2D eigenvalue weighted by molar-refractivity contribution is 8.19. The summed E-state index contributed by atoms with van der Waals surface area (Å²) in [4.78, 5) is 26.5. The molecule has 1 saturated heterocycles. The Labute approximate surface area is 202 Å². The summed E-state index contributed by atoms with van der Waals surface area (Å²) in [7, 11) is 0. The van der Waals surface area contributed by atoms with E-state index in [0.29, 0.717) is 21.8 Å². The molecule has 0 atom stereocenters. The van der Waals surface area contributed by atoms with Gasteiger partial charge in [0.2, 0.25) is 0 Å². The summed E-state index contributed by atoms with van der Waals surface area (Å²) in [5.41, 5.74) is 1.58. The van der Waals surface area contributed by atoms with E-state index in [1.54, 1.807) is 48.5 Å². The van der Waals surface area contributed by atoms with Gasteiger partial charge in [0.15, 0.2) is 5.75 Å². The van der Waals surface area contributed by atoms with Crippen LogP contribution >= 0.6 is 46.6 Å². The van der Waals surface area contributed by atoms with Crippen LogP contribution in [0.25, 0.3) is 6.08 Å². The highest BCUT2D eigenvalue weighted by Crippen LogP contribution is 2.39. The van der Waals surface area contributed by atoms with Crippen molar-refractivity contribution in [1.29, 1.82) is 0 Å². The molecule has 3 aromatic carbocycles. The minimum Gasteiger partial charge on any atom is -0.486 e. The van der Waals surface area contributed by atoms with Crippen LogP contribution < -0.4 is 9.64 Å². The second-order valence-electron chi connectivity index (χ2n) is 6.73. The van der Waals surface area contributed by atoms with Gasteiger partial charge in [-0.3, -0.25) is 9.59 Å². The normalized spacial score (nSPS) is 15.0. The van der Waals surface area contributed by atoms with Crippen LogP contribution in [0.1, 0.15) is 11.1 Å². The van der Waals surface area contributed by atoms with Crippen LogP contribution in [0.2, 0.25) is 15.1 Å². The molecule has 3 aromatic rings. The molecule has 1 heterocycles. The van der Waals surface area contributed by atoms with E-state index < -0.39 is 11.1 Å². The van der Waals surface area contributed by atoms with E-state index >= 15 is 0 Å². The maximum atomic E-state index is 13.3. The molecule has 0 spiro atoms. The zero-order valence-corrected chi connectivity index (χ0v) is 19.2. The molecule has 0 radical (unpaired) electrons. The summed E-state index contributed by atoms with van der Waals surface area (Å²) >= 11 is 19.3. The van der Waals surface area contributed by atoms with Crippen LogP contribution in [0, 0.1) is 5.82 Å². The van der Waals surface area contributed by atoms with Crippen molar-refractivity contribution in [3.05, 3.63) is 97.6 Å².